The maximum Gasteiger partial charge on any atom is 0.277 e. The highest BCUT2D eigenvalue weighted by Gasteiger charge is 2.20. The summed E-state index contributed by atoms with van der Waals surface area (Å²) in [5.74, 6) is 0.255. The molecule has 8 nitrogen and oxygen atoms in total. The first kappa shape index (κ1) is 21.4. The molecule has 0 aliphatic rings. The van der Waals surface area contributed by atoms with Gasteiger partial charge in [0.05, 0.1) is 31.1 Å². The molecule has 1 aromatic carbocycles. The molecule has 1 atom stereocenters. The topological polar surface area (TPSA) is 105 Å². The highest BCUT2D eigenvalue weighted by molar-refractivity contribution is 7.99. The van der Waals surface area contributed by atoms with E-state index in [2.05, 4.69) is 10.2 Å². The third kappa shape index (κ3) is 5.84. The van der Waals surface area contributed by atoms with E-state index in [-0.39, 0.29) is 41.5 Å². The van der Waals surface area contributed by atoms with E-state index in [4.69, 9.17) is 18.8 Å². The van der Waals surface area contributed by atoms with Gasteiger partial charge < -0.3 is 18.5 Å². The van der Waals surface area contributed by atoms with E-state index in [1.165, 1.54) is 23.3 Å². The summed E-state index contributed by atoms with van der Waals surface area (Å²) in [5.41, 5.74) is 0. The number of rotatable bonds is 10. The van der Waals surface area contributed by atoms with Gasteiger partial charge in [-0.15, -0.1) is 10.2 Å². The summed E-state index contributed by atoms with van der Waals surface area (Å²) >= 11 is 1.08. The second kappa shape index (κ2) is 10.5. The molecule has 0 spiro atoms. The maximum absolute atomic E-state index is 13.7. The Morgan fingerprint density at radius 2 is 2.17 bits per heavy atom. The number of halogens is 1. The minimum Gasteiger partial charge on any atom is -0.478 e. The molecule has 0 aliphatic carbocycles. The lowest BCUT2D eigenvalue weighted by Gasteiger charge is -2.19. The quantitative estimate of drug-likeness (QED) is 0.445. The van der Waals surface area contributed by atoms with Crippen molar-refractivity contribution in [1.82, 2.24) is 15.1 Å². The molecule has 3 aromatic rings. The molecule has 2 aromatic heterocycles. The number of aromatic nitrogens is 2. The minimum atomic E-state index is -0.662. The van der Waals surface area contributed by atoms with Gasteiger partial charge in [-0.2, -0.15) is 5.26 Å². The maximum atomic E-state index is 13.7. The molecule has 0 saturated heterocycles. The molecule has 156 valence electrons. The lowest BCUT2D eigenvalue weighted by Crippen LogP contribution is -2.32. The zero-order valence-electron chi connectivity index (χ0n) is 16.2. The Bertz CT molecular complexity index is 1000. The largest absolute Gasteiger partial charge is 0.478 e. The van der Waals surface area contributed by atoms with Crippen LogP contribution in [0.4, 0.5) is 4.39 Å². The number of nitriles is 1. The van der Waals surface area contributed by atoms with Gasteiger partial charge in [-0.3, -0.25) is 4.79 Å². The van der Waals surface area contributed by atoms with E-state index in [1.54, 1.807) is 31.2 Å². The van der Waals surface area contributed by atoms with Crippen LogP contribution in [-0.4, -0.2) is 33.3 Å². The zero-order valence-corrected chi connectivity index (χ0v) is 17.0. The number of nitrogens with zero attached hydrogens (tertiary/aromatic N) is 4. The van der Waals surface area contributed by atoms with Gasteiger partial charge in [0, 0.05) is 6.54 Å². The summed E-state index contributed by atoms with van der Waals surface area (Å²) in [5, 5.41) is 16.8. The molecule has 0 aliphatic heterocycles. The van der Waals surface area contributed by atoms with Crippen molar-refractivity contribution in [3.05, 3.63) is 60.1 Å². The Hall–Kier alpha value is -3.32. The number of amides is 1. The van der Waals surface area contributed by atoms with Gasteiger partial charge in [0.25, 0.3) is 11.1 Å². The molecule has 2 heterocycles. The lowest BCUT2D eigenvalue weighted by molar-refractivity contribution is -0.129. The Kier molecular flexibility index (Phi) is 7.45. The van der Waals surface area contributed by atoms with Crippen LogP contribution in [0.5, 0.6) is 5.75 Å². The Balaban J connectivity index is 1.56. The van der Waals surface area contributed by atoms with E-state index in [9.17, 15) is 9.18 Å². The molecular formula is C20H19FN4O4S. The fraction of sp³-hybridized carbons (Fsp3) is 0.300. The summed E-state index contributed by atoms with van der Waals surface area (Å²) in [7, 11) is 0. The third-order valence-corrected chi connectivity index (χ3v) is 4.81. The summed E-state index contributed by atoms with van der Waals surface area (Å²) < 4.78 is 30.0. The number of benzene rings is 1. The third-order valence-electron chi connectivity index (χ3n) is 4.00. The van der Waals surface area contributed by atoms with Crippen LogP contribution in [0, 0.1) is 17.1 Å². The van der Waals surface area contributed by atoms with Gasteiger partial charge in [-0.25, -0.2) is 4.39 Å². The van der Waals surface area contributed by atoms with E-state index in [0.29, 0.717) is 12.3 Å². The molecule has 3 rings (SSSR count). The second-order valence-corrected chi connectivity index (χ2v) is 7.11. The van der Waals surface area contributed by atoms with Crippen molar-refractivity contribution >= 4 is 17.7 Å². The van der Waals surface area contributed by atoms with E-state index < -0.39 is 11.9 Å². The highest BCUT2D eigenvalue weighted by atomic mass is 32.2. The number of carbonyl (C=O) groups excluding carboxylic acids is 1. The average molecular weight is 430 g/mol. The van der Waals surface area contributed by atoms with Crippen LogP contribution < -0.4 is 4.74 Å². The van der Waals surface area contributed by atoms with Gasteiger partial charge in [0.15, 0.2) is 17.7 Å². The molecular weight excluding hydrogens is 411 g/mol. The molecule has 0 fully saturated rings. The van der Waals surface area contributed by atoms with Crippen LogP contribution in [-0.2, 0) is 11.3 Å². The van der Waals surface area contributed by atoms with Crippen LogP contribution in [0.15, 0.2) is 56.7 Å². The van der Waals surface area contributed by atoms with Crippen molar-refractivity contribution in [1.29, 1.82) is 5.26 Å². The fourth-order valence-electron chi connectivity index (χ4n) is 2.51. The number of hydrogen-bond donors (Lipinski definition) is 0. The van der Waals surface area contributed by atoms with Gasteiger partial charge in [0.2, 0.25) is 5.91 Å². The fourth-order valence-corrected chi connectivity index (χ4v) is 3.18. The summed E-state index contributed by atoms with van der Waals surface area (Å²) in [6.45, 7) is 2.22. The van der Waals surface area contributed by atoms with Gasteiger partial charge in [-0.05, 0) is 31.2 Å². The average Bonchev–Trinajstić information content (AvgIpc) is 3.43. The van der Waals surface area contributed by atoms with Crippen molar-refractivity contribution < 1.29 is 22.8 Å². The zero-order chi connectivity index (χ0) is 21.3. The number of furan rings is 1. The molecule has 0 radical (unpaired) electrons. The molecule has 0 N–H and O–H groups in total. The van der Waals surface area contributed by atoms with Crippen LogP contribution in [0.2, 0.25) is 0 Å². The second-order valence-electron chi connectivity index (χ2n) is 6.19. The highest BCUT2D eigenvalue weighted by Crippen LogP contribution is 2.25. The Labute approximate surface area is 176 Å². The molecule has 30 heavy (non-hydrogen) atoms. The van der Waals surface area contributed by atoms with Crippen LogP contribution >= 0.6 is 11.8 Å². The molecule has 0 unspecified atom stereocenters. The first-order valence-electron chi connectivity index (χ1n) is 9.11. The van der Waals surface area contributed by atoms with Crippen molar-refractivity contribution in [2.75, 3.05) is 12.3 Å². The lowest BCUT2D eigenvalue weighted by atomic mass is 10.3. The summed E-state index contributed by atoms with van der Waals surface area (Å²) in [4.78, 5) is 14.1. The number of para-hydroxylation sites is 1. The first-order valence-corrected chi connectivity index (χ1v) is 10.1. The number of thioether (sulfide) groups is 1. The molecule has 0 bridgehead atoms. The monoisotopic (exact) mass is 430 g/mol. The summed E-state index contributed by atoms with van der Waals surface area (Å²) in [6.07, 6.45) is 1.08. The Morgan fingerprint density at radius 1 is 1.33 bits per heavy atom. The van der Waals surface area contributed by atoms with Crippen LogP contribution in [0.3, 0.4) is 0 Å². The molecule has 10 heteroatoms. The predicted octanol–water partition coefficient (Wildman–Crippen LogP) is 3.98. The first-order chi connectivity index (χ1) is 14.6. The van der Waals surface area contributed by atoms with Gasteiger partial charge >= 0.3 is 0 Å². The SMILES string of the molecule is C[C@@H](Oc1ccccc1F)c1nnc(SCC(=O)N(CCC#N)Cc2ccco2)o1. The minimum absolute atomic E-state index is 0.0519. The number of ether oxygens (including phenoxy) is 1. The van der Waals surface area contributed by atoms with Gasteiger partial charge in [-0.1, -0.05) is 23.9 Å². The molecule has 1 amide bonds. The van der Waals surface area contributed by atoms with E-state index in [0.717, 1.165) is 11.8 Å². The predicted molar refractivity (Wildman–Crippen MR) is 105 cm³/mol. The Morgan fingerprint density at radius 3 is 2.90 bits per heavy atom. The van der Waals surface area contributed by atoms with Crippen molar-refractivity contribution in [2.24, 2.45) is 0 Å². The standard InChI is InChI=1S/C20H19FN4O4S/c1-14(28-17-8-3-2-7-16(17)21)19-23-24-20(29-19)30-13-18(26)25(10-5-9-22)12-15-6-4-11-27-15/h2-4,6-8,11,14H,5,10,12-13H2,1H3/t14-/m1/s1. The van der Waals surface area contributed by atoms with Crippen molar-refractivity contribution in [3.8, 4) is 11.8 Å². The number of hydrogen-bond acceptors (Lipinski definition) is 8. The van der Waals surface area contributed by atoms with E-state index >= 15 is 0 Å². The van der Waals surface area contributed by atoms with E-state index in [1.807, 2.05) is 6.07 Å². The van der Waals surface area contributed by atoms with Crippen LogP contribution in [0.25, 0.3) is 0 Å². The van der Waals surface area contributed by atoms with Gasteiger partial charge in [0.1, 0.15) is 5.76 Å². The normalized spacial score (nSPS) is 11.6. The van der Waals surface area contributed by atoms with Crippen molar-refractivity contribution in [2.45, 2.75) is 31.2 Å². The molecule has 0 saturated carbocycles. The smallest absolute Gasteiger partial charge is 0.277 e. The number of carbonyl (C=O) groups is 1. The van der Waals surface area contributed by atoms with Crippen LogP contribution in [0.1, 0.15) is 31.1 Å². The summed E-state index contributed by atoms with van der Waals surface area (Å²) in [6, 6.07) is 11.6. The van der Waals surface area contributed by atoms with Crippen molar-refractivity contribution in [3.63, 3.8) is 0 Å².